The highest BCUT2D eigenvalue weighted by atomic mass is 19.1. The second-order valence-electron chi connectivity index (χ2n) is 9.06. The molecular weight excluding hydrogens is 483 g/mol. The Morgan fingerprint density at radius 1 is 1.00 bits per heavy atom. The van der Waals surface area contributed by atoms with E-state index in [1.54, 1.807) is 42.6 Å². The third-order valence-electron chi connectivity index (χ3n) is 6.07. The molecule has 2 aromatic heterocycles. The Morgan fingerprint density at radius 2 is 1.82 bits per heavy atom. The van der Waals surface area contributed by atoms with E-state index in [-0.39, 0.29) is 11.9 Å². The van der Waals surface area contributed by atoms with Crippen LogP contribution in [0.1, 0.15) is 60.5 Å². The van der Waals surface area contributed by atoms with E-state index in [0.717, 1.165) is 36.8 Å². The number of pyridine rings is 1. The van der Waals surface area contributed by atoms with Gasteiger partial charge in [0.15, 0.2) is 0 Å². The molecule has 0 aliphatic carbocycles. The smallest absolute Gasteiger partial charge is 0.258 e. The van der Waals surface area contributed by atoms with Gasteiger partial charge in [-0.15, -0.1) is 5.10 Å². The van der Waals surface area contributed by atoms with Crippen molar-refractivity contribution < 1.29 is 14.0 Å². The summed E-state index contributed by atoms with van der Waals surface area (Å²) in [6, 6.07) is 16.6. The maximum atomic E-state index is 14.0. The first-order valence-electron chi connectivity index (χ1n) is 12.8. The van der Waals surface area contributed by atoms with E-state index in [9.17, 15) is 14.0 Å². The number of anilines is 1. The Balaban J connectivity index is 1.48. The van der Waals surface area contributed by atoms with Crippen molar-refractivity contribution in [2.24, 2.45) is 0 Å². The molecule has 38 heavy (non-hydrogen) atoms. The average Bonchev–Trinajstić information content (AvgIpc) is 3.34. The van der Waals surface area contributed by atoms with Crippen LogP contribution in [0.4, 0.5) is 10.3 Å². The Bertz CT molecular complexity index is 1400. The van der Waals surface area contributed by atoms with Crippen molar-refractivity contribution in [3.8, 4) is 17.2 Å². The highest BCUT2D eigenvalue weighted by Gasteiger charge is 2.18. The molecule has 0 aliphatic rings. The zero-order chi connectivity index (χ0) is 26.9. The molecule has 0 saturated carbocycles. The second kappa shape index (κ2) is 12.7. The number of halogens is 1. The van der Waals surface area contributed by atoms with Gasteiger partial charge in [0.1, 0.15) is 11.5 Å². The van der Waals surface area contributed by atoms with Gasteiger partial charge in [0, 0.05) is 24.7 Å². The number of nitrogens with one attached hydrogen (secondary N) is 2. The van der Waals surface area contributed by atoms with E-state index in [0.29, 0.717) is 35.7 Å². The first-order chi connectivity index (χ1) is 18.4. The fourth-order valence-corrected chi connectivity index (χ4v) is 3.95. The van der Waals surface area contributed by atoms with Gasteiger partial charge in [-0.05, 0) is 60.9 Å². The van der Waals surface area contributed by atoms with Gasteiger partial charge in [-0.25, -0.2) is 4.39 Å². The lowest BCUT2D eigenvalue weighted by Gasteiger charge is -2.09. The quantitative estimate of drug-likeness (QED) is 0.253. The molecule has 4 rings (SSSR count). The van der Waals surface area contributed by atoms with Crippen LogP contribution in [0.3, 0.4) is 0 Å². The summed E-state index contributed by atoms with van der Waals surface area (Å²) in [5.41, 5.74) is 3.14. The van der Waals surface area contributed by atoms with Crippen molar-refractivity contribution in [2.75, 3.05) is 5.32 Å². The van der Waals surface area contributed by atoms with Gasteiger partial charge in [0.05, 0.1) is 5.69 Å². The summed E-state index contributed by atoms with van der Waals surface area (Å²) in [6.07, 6.45) is 6.38. The Hall–Kier alpha value is -4.40. The molecule has 0 radical (unpaired) electrons. The summed E-state index contributed by atoms with van der Waals surface area (Å²) in [6.45, 7) is 4.43. The average molecular weight is 515 g/mol. The number of hydrogen-bond acceptors (Lipinski definition) is 5. The molecular formula is C29H31FN6O2. The van der Waals surface area contributed by atoms with Gasteiger partial charge >= 0.3 is 0 Å². The molecule has 2 amide bonds. The molecule has 2 aromatic carbocycles. The molecule has 0 aliphatic heterocycles. The number of aromatic nitrogens is 4. The molecule has 4 aromatic rings. The third-order valence-corrected chi connectivity index (χ3v) is 6.07. The van der Waals surface area contributed by atoms with E-state index in [1.165, 1.54) is 16.8 Å². The molecule has 9 heteroatoms. The van der Waals surface area contributed by atoms with Gasteiger partial charge in [-0.1, -0.05) is 50.5 Å². The zero-order valence-corrected chi connectivity index (χ0v) is 21.6. The first kappa shape index (κ1) is 26.7. The number of aryl methyl sites for hydroxylation is 1. The highest BCUT2D eigenvalue weighted by Crippen LogP contribution is 2.23. The Morgan fingerprint density at radius 3 is 2.55 bits per heavy atom. The molecule has 0 bridgehead atoms. The zero-order valence-electron chi connectivity index (χ0n) is 21.6. The van der Waals surface area contributed by atoms with Crippen molar-refractivity contribution in [2.45, 2.75) is 52.5 Å². The number of nitrogens with zero attached hydrogens (tertiary/aromatic N) is 4. The molecule has 0 spiro atoms. The minimum Gasteiger partial charge on any atom is -0.352 e. The Labute approximate surface area is 221 Å². The predicted molar refractivity (Wildman–Crippen MR) is 144 cm³/mol. The molecule has 2 N–H and O–H groups in total. The second-order valence-corrected chi connectivity index (χ2v) is 9.06. The predicted octanol–water partition coefficient (Wildman–Crippen LogP) is 5.62. The summed E-state index contributed by atoms with van der Waals surface area (Å²) < 4.78 is 15.3. The van der Waals surface area contributed by atoms with Gasteiger partial charge in [0.25, 0.3) is 5.91 Å². The molecule has 196 valence electrons. The van der Waals surface area contributed by atoms with Gasteiger partial charge in [0.2, 0.25) is 17.7 Å². The molecule has 0 unspecified atom stereocenters. The number of amides is 2. The number of carbonyl (C=O) groups is 2. The fourth-order valence-electron chi connectivity index (χ4n) is 3.95. The Kier molecular flexibility index (Phi) is 8.92. The van der Waals surface area contributed by atoms with E-state index < -0.39 is 11.7 Å². The van der Waals surface area contributed by atoms with Crippen LogP contribution in [0, 0.1) is 12.7 Å². The largest absolute Gasteiger partial charge is 0.352 e. The SMILES string of the molecule is CCCCCCC(=O)NCc1ccc(C(=O)Nc2nc(-c3ncccc3C)nn2-c2cccc(F)c2)cc1. The lowest BCUT2D eigenvalue weighted by atomic mass is 10.1. The number of rotatable bonds is 11. The molecule has 0 fully saturated rings. The van der Waals surface area contributed by atoms with Gasteiger partial charge < -0.3 is 5.32 Å². The first-order valence-corrected chi connectivity index (χ1v) is 12.8. The maximum absolute atomic E-state index is 14.0. The standard InChI is InChI=1S/C29H31FN6O2/c1-3-4-5-6-12-25(37)32-19-21-13-15-22(16-14-21)28(38)34-29-33-27(26-20(2)9-8-17-31-26)35-36(29)24-11-7-10-23(30)18-24/h7-11,13-18H,3-6,12,19H2,1-2H3,(H,32,37)(H,33,34,35,38). The number of carbonyl (C=O) groups excluding carboxylic acids is 2. The lowest BCUT2D eigenvalue weighted by Crippen LogP contribution is -2.22. The van der Waals surface area contributed by atoms with Crippen molar-refractivity contribution in [1.82, 2.24) is 25.1 Å². The van der Waals surface area contributed by atoms with E-state index in [1.807, 2.05) is 19.1 Å². The van der Waals surface area contributed by atoms with Crippen LogP contribution >= 0.6 is 0 Å². The van der Waals surface area contributed by atoms with Crippen molar-refractivity contribution in [3.63, 3.8) is 0 Å². The van der Waals surface area contributed by atoms with E-state index in [2.05, 4.69) is 32.6 Å². The summed E-state index contributed by atoms with van der Waals surface area (Å²) in [5.74, 6) is -0.359. The van der Waals surface area contributed by atoms with Crippen LogP contribution in [-0.2, 0) is 11.3 Å². The van der Waals surface area contributed by atoms with Crippen LogP contribution in [0.25, 0.3) is 17.2 Å². The van der Waals surface area contributed by atoms with Crippen LogP contribution in [-0.4, -0.2) is 31.6 Å². The number of hydrogen-bond donors (Lipinski definition) is 2. The fraction of sp³-hybridized carbons (Fsp3) is 0.276. The number of unbranched alkanes of at least 4 members (excludes halogenated alkanes) is 3. The lowest BCUT2D eigenvalue weighted by molar-refractivity contribution is -0.121. The minimum atomic E-state index is -0.436. The maximum Gasteiger partial charge on any atom is 0.258 e. The highest BCUT2D eigenvalue weighted by molar-refractivity contribution is 6.03. The topological polar surface area (TPSA) is 102 Å². The van der Waals surface area contributed by atoms with Crippen LogP contribution in [0.15, 0.2) is 66.9 Å². The summed E-state index contributed by atoms with van der Waals surface area (Å²) >= 11 is 0. The normalized spacial score (nSPS) is 10.8. The van der Waals surface area contributed by atoms with Crippen molar-refractivity contribution in [1.29, 1.82) is 0 Å². The molecule has 2 heterocycles. The molecule has 8 nitrogen and oxygen atoms in total. The molecule has 0 atom stereocenters. The van der Waals surface area contributed by atoms with E-state index in [4.69, 9.17) is 0 Å². The van der Waals surface area contributed by atoms with Crippen molar-refractivity contribution in [3.05, 3.63) is 89.4 Å². The number of benzene rings is 2. The van der Waals surface area contributed by atoms with Crippen molar-refractivity contribution >= 4 is 17.8 Å². The van der Waals surface area contributed by atoms with Crippen LogP contribution in [0.2, 0.25) is 0 Å². The third kappa shape index (κ3) is 6.88. The molecule has 0 saturated heterocycles. The van der Waals surface area contributed by atoms with Crippen LogP contribution < -0.4 is 10.6 Å². The summed E-state index contributed by atoms with van der Waals surface area (Å²) in [5, 5.41) is 10.2. The summed E-state index contributed by atoms with van der Waals surface area (Å²) in [7, 11) is 0. The van der Waals surface area contributed by atoms with Crippen LogP contribution in [0.5, 0.6) is 0 Å². The summed E-state index contributed by atoms with van der Waals surface area (Å²) in [4.78, 5) is 34.0. The van der Waals surface area contributed by atoms with Gasteiger partial charge in [-0.2, -0.15) is 9.67 Å². The monoisotopic (exact) mass is 514 g/mol. The van der Waals surface area contributed by atoms with E-state index >= 15 is 0 Å². The minimum absolute atomic E-state index is 0.0264. The van der Waals surface area contributed by atoms with Gasteiger partial charge in [-0.3, -0.25) is 19.9 Å².